The summed E-state index contributed by atoms with van der Waals surface area (Å²) >= 11 is 0. The zero-order valence-electron chi connectivity index (χ0n) is 15.7. The largest absolute Gasteiger partial charge is 0.403 e. The van der Waals surface area contributed by atoms with Crippen LogP contribution >= 0.6 is 0 Å². The highest BCUT2D eigenvalue weighted by Crippen LogP contribution is 2.36. The van der Waals surface area contributed by atoms with Crippen LogP contribution in [0.2, 0.25) is 0 Å². The molecule has 142 valence electrons. The van der Waals surface area contributed by atoms with Gasteiger partial charge in [-0.1, -0.05) is 5.57 Å². The zero-order valence-corrected chi connectivity index (χ0v) is 15.7. The third-order valence-electron chi connectivity index (χ3n) is 4.43. The van der Waals surface area contributed by atoms with Crippen LogP contribution in [-0.2, 0) is 14.4 Å². The van der Waals surface area contributed by atoms with Gasteiger partial charge in [0.1, 0.15) is 5.82 Å². The molecule has 5 N–H and O–H groups in total. The van der Waals surface area contributed by atoms with Crippen molar-refractivity contribution in [2.45, 2.75) is 52.1 Å². The van der Waals surface area contributed by atoms with Crippen LogP contribution in [0.25, 0.3) is 0 Å². The number of carbonyl (C=O) groups excluding carboxylic acids is 2. The number of allylic oxidation sites excluding steroid dienone is 1. The van der Waals surface area contributed by atoms with Crippen LogP contribution in [0, 0.1) is 0 Å². The number of nitrogens with two attached hydrogens (primary N) is 1. The van der Waals surface area contributed by atoms with Crippen molar-refractivity contribution < 1.29 is 14.4 Å². The third-order valence-corrected chi connectivity index (χ3v) is 4.43. The molecule has 1 aliphatic heterocycles. The summed E-state index contributed by atoms with van der Waals surface area (Å²) < 4.78 is 0. The first kappa shape index (κ1) is 19.7. The highest BCUT2D eigenvalue weighted by Gasteiger charge is 2.38. The van der Waals surface area contributed by atoms with E-state index in [0.717, 1.165) is 24.0 Å². The van der Waals surface area contributed by atoms with Crippen molar-refractivity contribution in [2.24, 2.45) is 10.7 Å². The lowest BCUT2D eigenvalue weighted by Crippen LogP contribution is -2.38. The van der Waals surface area contributed by atoms with Crippen molar-refractivity contribution in [3.63, 3.8) is 0 Å². The summed E-state index contributed by atoms with van der Waals surface area (Å²) in [5.74, 6) is -0.220. The van der Waals surface area contributed by atoms with Crippen LogP contribution in [0.5, 0.6) is 0 Å². The molecule has 0 aromatic carbocycles. The number of primary amides is 1. The first-order chi connectivity index (χ1) is 12.2. The van der Waals surface area contributed by atoms with E-state index in [2.05, 4.69) is 34.7 Å². The van der Waals surface area contributed by atoms with Crippen LogP contribution in [0.1, 0.15) is 40.5 Å². The summed E-state index contributed by atoms with van der Waals surface area (Å²) in [7, 11) is 0. The fraction of sp³-hybridized carbons (Fsp3) is 0.500. The van der Waals surface area contributed by atoms with Gasteiger partial charge in [0.25, 0.3) is 11.8 Å². The Hall–Kier alpha value is -2.61. The predicted molar refractivity (Wildman–Crippen MR) is 99.7 cm³/mol. The summed E-state index contributed by atoms with van der Waals surface area (Å²) in [6, 6.07) is -0.329. The standard InChI is InChI=1S/C18H27N5O3/c1-10(2)14(11(3)16(20-5)22-18(4)6-7-18)17(25)21-9-12-8-13(15(19)24)26-23-12/h8,12,22-23H,5-7,9H2,1-4H3,(H2,19,24)(H,21,25)/b16-11-. The maximum atomic E-state index is 12.7. The van der Waals surface area contributed by atoms with Crippen LogP contribution < -0.4 is 21.8 Å². The van der Waals surface area contributed by atoms with Crippen LogP contribution in [0.4, 0.5) is 0 Å². The number of hydroxylamine groups is 1. The first-order valence-electron chi connectivity index (χ1n) is 8.52. The molecule has 0 aromatic heterocycles. The molecule has 1 heterocycles. The molecular weight excluding hydrogens is 334 g/mol. The Morgan fingerprint density at radius 2 is 2.08 bits per heavy atom. The molecule has 1 saturated carbocycles. The van der Waals surface area contributed by atoms with E-state index >= 15 is 0 Å². The Morgan fingerprint density at radius 1 is 1.42 bits per heavy atom. The minimum Gasteiger partial charge on any atom is -0.403 e. The zero-order chi connectivity index (χ0) is 19.5. The second-order valence-corrected chi connectivity index (χ2v) is 7.12. The Kier molecular flexibility index (Phi) is 5.86. The van der Waals surface area contributed by atoms with E-state index in [1.54, 1.807) is 6.08 Å². The minimum atomic E-state index is -0.656. The second kappa shape index (κ2) is 7.74. The lowest BCUT2D eigenvalue weighted by Gasteiger charge is -2.19. The molecule has 1 fully saturated rings. The Morgan fingerprint density at radius 3 is 2.54 bits per heavy atom. The number of hydrogen-bond acceptors (Lipinski definition) is 6. The number of aliphatic imine (C=N–C) groups is 1. The number of nitrogens with zero attached hydrogens (tertiary/aromatic N) is 1. The number of nitrogens with one attached hydrogen (secondary N) is 3. The average molecular weight is 361 g/mol. The molecule has 1 atom stereocenters. The molecule has 8 heteroatoms. The van der Waals surface area contributed by atoms with Crippen molar-refractivity contribution in [2.75, 3.05) is 6.54 Å². The minimum absolute atomic E-state index is 0.0298. The summed E-state index contributed by atoms with van der Waals surface area (Å²) in [6.07, 6.45) is 3.68. The van der Waals surface area contributed by atoms with E-state index in [1.165, 1.54) is 0 Å². The summed E-state index contributed by atoms with van der Waals surface area (Å²) in [5.41, 5.74) is 9.99. The van der Waals surface area contributed by atoms with Gasteiger partial charge in [0, 0.05) is 23.2 Å². The van der Waals surface area contributed by atoms with E-state index < -0.39 is 5.91 Å². The van der Waals surface area contributed by atoms with Gasteiger partial charge in [-0.2, -0.15) is 0 Å². The molecular formula is C18H27N5O3. The van der Waals surface area contributed by atoms with Gasteiger partial charge in [-0.3, -0.25) is 9.59 Å². The second-order valence-electron chi connectivity index (χ2n) is 7.12. The van der Waals surface area contributed by atoms with Crippen molar-refractivity contribution >= 4 is 18.5 Å². The van der Waals surface area contributed by atoms with E-state index in [1.807, 2.05) is 20.8 Å². The van der Waals surface area contributed by atoms with Crippen LogP contribution in [-0.4, -0.2) is 36.7 Å². The highest BCUT2D eigenvalue weighted by atomic mass is 16.7. The van der Waals surface area contributed by atoms with Gasteiger partial charge in [-0.25, -0.2) is 4.99 Å². The Bertz CT molecular complexity index is 712. The lowest BCUT2D eigenvalue weighted by molar-refractivity contribution is -0.119. The fourth-order valence-electron chi connectivity index (χ4n) is 2.65. The van der Waals surface area contributed by atoms with Gasteiger partial charge in [-0.05, 0) is 53.3 Å². The molecule has 0 bridgehead atoms. The Labute approximate surface area is 153 Å². The van der Waals surface area contributed by atoms with Gasteiger partial charge in [0.2, 0.25) is 5.76 Å². The normalized spacial score (nSPS) is 20.9. The lowest BCUT2D eigenvalue weighted by atomic mass is 10.0. The number of hydrogen-bond donors (Lipinski definition) is 4. The molecule has 2 amide bonds. The molecule has 2 aliphatic rings. The Balaban J connectivity index is 2.09. The van der Waals surface area contributed by atoms with Gasteiger partial charge in [0.05, 0.1) is 6.04 Å². The number of amides is 2. The van der Waals surface area contributed by atoms with Crippen molar-refractivity contribution in [1.82, 2.24) is 16.1 Å². The molecule has 0 spiro atoms. The molecule has 26 heavy (non-hydrogen) atoms. The van der Waals surface area contributed by atoms with Gasteiger partial charge in [-0.15, -0.1) is 5.48 Å². The number of rotatable bonds is 8. The van der Waals surface area contributed by atoms with Crippen LogP contribution in [0.3, 0.4) is 0 Å². The maximum absolute atomic E-state index is 12.7. The van der Waals surface area contributed by atoms with E-state index in [4.69, 9.17) is 10.6 Å². The predicted octanol–water partition coefficient (Wildman–Crippen LogP) is 0.786. The molecule has 0 aromatic rings. The highest BCUT2D eigenvalue weighted by molar-refractivity contribution is 5.98. The first-order valence-corrected chi connectivity index (χ1v) is 8.52. The molecule has 1 unspecified atom stereocenters. The van der Waals surface area contributed by atoms with Crippen molar-refractivity contribution in [3.05, 3.63) is 34.4 Å². The van der Waals surface area contributed by atoms with Crippen molar-refractivity contribution in [3.8, 4) is 0 Å². The third kappa shape index (κ3) is 4.72. The topological polar surface area (TPSA) is 118 Å². The molecule has 2 rings (SSSR count). The van der Waals surface area contributed by atoms with Gasteiger partial charge < -0.3 is 21.2 Å². The van der Waals surface area contributed by atoms with E-state index in [-0.39, 0.29) is 29.8 Å². The summed E-state index contributed by atoms with van der Waals surface area (Å²) in [4.78, 5) is 32.8. The quantitative estimate of drug-likeness (QED) is 0.290. The SMILES string of the molecule is C=N/C(NC1(C)CC1)=C(\C)C(C(=O)NCC1C=C(C(N)=O)ON1)=C(C)C. The van der Waals surface area contributed by atoms with Gasteiger partial charge in [0.15, 0.2) is 0 Å². The molecule has 0 radical (unpaired) electrons. The van der Waals surface area contributed by atoms with E-state index in [9.17, 15) is 9.59 Å². The molecule has 0 saturated heterocycles. The molecule has 1 aliphatic carbocycles. The smallest absolute Gasteiger partial charge is 0.286 e. The maximum Gasteiger partial charge on any atom is 0.286 e. The number of carbonyl (C=O) groups is 2. The van der Waals surface area contributed by atoms with Crippen molar-refractivity contribution in [1.29, 1.82) is 0 Å². The monoisotopic (exact) mass is 361 g/mol. The molecule has 8 nitrogen and oxygen atoms in total. The summed E-state index contributed by atoms with van der Waals surface area (Å²) in [5, 5.41) is 6.21. The van der Waals surface area contributed by atoms with E-state index in [0.29, 0.717) is 11.4 Å². The fourth-order valence-corrected chi connectivity index (χ4v) is 2.65. The van der Waals surface area contributed by atoms with Gasteiger partial charge >= 0.3 is 0 Å². The summed E-state index contributed by atoms with van der Waals surface area (Å²) in [6.45, 7) is 11.6. The van der Waals surface area contributed by atoms with Crippen LogP contribution in [0.15, 0.2) is 39.4 Å². The average Bonchev–Trinajstić information content (AvgIpc) is 3.10.